The first-order valence-corrected chi connectivity index (χ1v) is 7.30. The molecule has 2 rings (SSSR count). The molecular formula is C15H21NO2S. The summed E-state index contributed by atoms with van der Waals surface area (Å²) in [6.45, 7) is 0.660. The third-order valence-electron chi connectivity index (χ3n) is 3.70. The lowest BCUT2D eigenvalue weighted by Gasteiger charge is -2.14. The molecule has 4 heteroatoms. The van der Waals surface area contributed by atoms with Crippen LogP contribution in [0.4, 0.5) is 5.69 Å². The maximum Gasteiger partial charge on any atom is 0.224 e. The third kappa shape index (κ3) is 3.98. The van der Waals surface area contributed by atoms with E-state index in [0.29, 0.717) is 13.0 Å². The number of nitrogens with one attached hydrogen (secondary N) is 1. The molecule has 0 saturated heterocycles. The fourth-order valence-corrected chi connectivity index (χ4v) is 2.60. The summed E-state index contributed by atoms with van der Waals surface area (Å²) >= 11 is 4.33. The van der Waals surface area contributed by atoms with Crippen molar-refractivity contribution >= 4 is 24.2 Å². The molecule has 1 aliphatic rings. The summed E-state index contributed by atoms with van der Waals surface area (Å²) in [6.07, 6.45) is 3.63. The van der Waals surface area contributed by atoms with Crippen molar-refractivity contribution in [1.82, 2.24) is 0 Å². The van der Waals surface area contributed by atoms with Gasteiger partial charge in [-0.1, -0.05) is 18.2 Å². The number of para-hydroxylation sites is 1. The number of hydrogen-bond acceptors (Lipinski definition) is 3. The second-order valence-electron chi connectivity index (χ2n) is 5.28. The minimum atomic E-state index is 0.0939. The first-order chi connectivity index (χ1) is 9.19. The molecule has 1 N–H and O–H groups in total. The van der Waals surface area contributed by atoms with E-state index in [1.54, 1.807) is 7.11 Å². The molecule has 1 amide bonds. The number of amides is 1. The van der Waals surface area contributed by atoms with Crippen LogP contribution in [0.5, 0.6) is 0 Å². The highest BCUT2D eigenvalue weighted by Crippen LogP contribution is 2.49. The highest BCUT2D eigenvalue weighted by Gasteiger charge is 2.42. The van der Waals surface area contributed by atoms with E-state index in [9.17, 15) is 4.79 Å². The summed E-state index contributed by atoms with van der Waals surface area (Å²) in [5.74, 6) is 0.891. The van der Waals surface area contributed by atoms with Crippen LogP contribution in [-0.2, 0) is 16.0 Å². The normalized spacial score (nSPS) is 16.1. The monoisotopic (exact) mass is 279 g/mol. The summed E-state index contributed by atoms with van der Waals surface area (Å²) in [4.78, 5) is 12.1. The van der Waals surface area contributed by atoms with E-state index in [1.807, 2.05) is 24.3 Å². The van der Waals surface area contributed by atoms with E-state index in [4.69, 9.17) is 4.74 Å². The Kier molecular flexibility index (Phi) is 4.88. The Balaban J connectivity index is 1.96. The molecule has 1 aromatic rings. The number of methoxy groups -OCH3 is 1. The fourth-order valence-electron chi connectivity index (χ4n) is 2.17. The van der Waals surface area contributed by atoms with E-state index in [2.05, 4.69) is 17.9 Å². The number of thiol groups is 1. The lowest BCUT2D eigenvalue weighted by Crippen LogP contribution is -2.19. The summed E-state index contributed by atoms with van der Waals surface area (Å²) in [5, 5.41) is 3.02. The lowest BCUT2D eigenvalue weighted by atomic mass is 10.0. The van der Waals surface area contributed by atoms with Gasteiger partial charge in [0.1, 0.15) is 0 Å². The summed E-state index contributed by atoms with van der Waals surface area (Å²) in [6, 6.07) is 7.90. The van der Waals surface area contributed by atoms with E-state index in [-0.39, 0.29) is 11.3 Å². The van der Waals surface area contributed by atoms with Crippen molar-refractivity contribution < 1.29 is 9.53 Å². The van der Waals surface area contributed by atoms with Crippen LogP contribution in [0, 0.1) is 5.41 Å². The average Bonchev–Trinajstić information content (AvgIpc) is 3.18. The van der Waals surface area contributed by atoms with Crippen LogP contribution < -0.4 is 5.32 Å². The van der Waals surface area contributed by atoms with Gasteiger partial charge in [0.2, 0.25) is 5.91 Å². The molecule has 19 heavy (non-hydrogen) atoms. The number of carbonyl (C=O) groups is 1. The quantitative estimate of drug-likeness (QED) is 0.753. The molecule has 0 aromatic heterocycles. The van der Waals surface area contributed by atoms with Crippen molar-refractivity contribution in [3.05, 3.63) is 29.8 Å². The number of benzene rings is 1. The second kappa shape index (κ2) is 6.44. The maximum atomic E-state index is 12.1. The molecule has 0 bridgehead atoms. The van der Waals surface area contributed by atoms with E-state index in [0.717, 1.165) is 36.3 Å². The van der Waals surface area contributed by atoms with Gasteiger partial charge in [0, 0.05) is 19.2 Å². The van der Waals surface area contributed by atoms with Crippen molar-refractivity contribution in [3.63, 3.8) is 0 Å². The molecule has 1 aliphatic carbocycles. The first kappa shape index (κ1) is 14.4. The Labute approximate surface area is 120 Å². The molecule has 0 unspecified atom stereocenters. The van der Waals surface area contributed by atoms with Crippen LogP contribution in [0.25, 0.3) is 0 Å². The van der Waals surface area contributed by atoms with Gasteiger partial charge in [0.15, 0.2) is 0 Å². The Bertz CT molecular complexity index is 444. The van der Waals surface area contributed by atoms with Crippen molar-refractivity contribution in [3.8, 4) is 0 Å². The lowest BCUT2D eigenvalue weighted by molar-refractivity contribution is -0.117. The van der Waals surface area contributed by atoms with Gasteiger partial charge >= 0.3 is 0 Å². The van der Waals surface area contributed by atoms with Gasteiger partial charge in [0.25, 0.3) is 0 Å². The van der Waals surface area contributed by atoms with Crippen LogP contribution in [0.2, 0.25) is 0 Å². The molecule has 3 nitrogen and oxygen atoms in total. The zero-order valence-electron chi connectivity index (χ0n) is 11.3. The van der Waals surface area contributed by atoms with Gasteiger partial charge in [-0.25, -0.2) is 0 Å². The molecule has 104 valence electrons. The van der Waals surface area contributed by atoms with Gasteiger partial charge < -0.3 is 10.1 Å². The number of anilines is 1. The van der Waals surface area contributed by atoms with Gasteiger partial charge in [-0.3, -0.25) is 4.79 Å². The standard InChI is InChI=1S/C15H21NO2S/c1-18-9-6-12-4-2-3-5-13(12)16-14(17)10-15(11-19)7-8-15/h2-5,19H,6-11H2,1H3,(H,16,17). The average molecular weight is 279 g/mol. The Morgan fingerprint density at radius 1 is 1.42 bits per heavy atom. The SMILES string of the molecule is COCCc1ccccc1NC(=O)CC1(CS)CC1. The Morgan fingerprint density at radius 2 is 2.16 bits per heavy atom. The van der Waals surface area contributed by atoms with Crippen LogP contribution >= 0.6 is 12.6 Å². The smallest absolute Gasteiger partial charge is 0.224 e. The second-order valence-corrected chi connectivity index (χ2v) is 5.60. The fraction of sp³-hybridized carbons (Fsp3) is 0.533. The van der Waals surface area contributed by atoms with E-state index < -0.39 is 0 Å². The predicted octanol–water partition coefficient (Wildman–Crippen LogP) is 2.91. The molecular weight excluding hydrogens is 258 g/mol. The minimum Gasteiger partial charge on any atom is -0.384 e. The van der Waals surface area contributed by atoms with Gasteiger partial charge in [0.05, 0.1) is 6.61 Å². The summed E-state index contributed by atoms with van der Waals surface area (Å²) < 4.78 is 5.09. The first-order valence-electron chi connectivity index (χ1n) is 6.67. The molecule has 1 aromatic carbocycles. The van der Waals surface area contributed by atoms with E-state index in [1.165, 1.54) is 0 Å². The minimum absolute atomic E-state index is 0.0939. The molecule has 1 saturated carbocycles. The van der Waals surface area contributed by atoms with Crippen molar-refractivity contribution in [2.24, 2.45) is 5.41 Å². The topological polar surface area (TPSA) is 38.3 Å². The molecule has 1 fully saturated rings. The van der Waals surface area contributed by atoms with Crippen molar-refractivity contribution in [1.29, 1.82) is 0 Å². The third-order valence-corrected chi connectivity index (χ3v) is 4.37. The molecule has 0 heterocycles. The van der Waals surface area contributed by atoms with Gasteiger partial charge in [-0.15, -0.1) is 0 Å². The van der Waals surface area contributed by atoms with Crippen molar-refractivity contribution in [2.75, 3.05) is 24.8 Å². The van der Waals surface area contributed by atoms with Crippen LogP contribution in [0.1, 0.15) is 24.8 Å². The highest BCUT2D eigenvalue weighted by molar-refractivity contribution is 7.80. The summed E-state index contributed by atoms with van der Waals surface area (Å²) in [7, 11) is 1.69. The molecule has 0 atom stereocenters. The number of hydrogen-bond donors (Lipinski definition) is 2. The predicted molar refractivity (Wildman–Crippen MR) is 80.8 cm³/mol. The zero-order valence-corrected chi connectivity index (χ0v) is 12.2. The largest absolute Gasteiger partial charge is 0.384 e. The number of rotatable bonds is 7. The highest BCUT2D eigenvalue weighted by atomic mass is 32.1. The van der Waals surface area contributed by atoms with Crippen molar-refractivity contribution in [2.45, 2.75) is 25.7 Å². The molecule has 0 radical (unpaired) electrons. The summed E-state index contributed by atoms with van der Waals surface area (Å²) in [5.41, 5.74) is 2.18. The zero-order chi connectivity index (χ0) is 13.7. The number of carbonyl (C=O) groups excluding carboxylic acids is 1. The van der Waals surface area contributed by atoms with Crippen LogP contribution in [0.3, 0.4) is 0 Å². The van der Waals surface area contributed by atoms with E-state index >= 15 is 0 Å². The Hall–Kier alpha value is -1.000. The molecule has 0 aliphatic heterocycles. The van der Waals surface area contributed by atoms with Gasteiger partial charge in [-0.05, 0) is 42.1 Å². The van der Waals surface area contributed by atoms with Crippen LogP contribution in [0.15, 0.2) is 24.3 Å². The van der Waals surface area contributed by atoms with Crippen LogP contribution in [-0.4, -0.2) is 25.4 Å². The van der Waals surface area contributed by atoms with Gasteiger partial charge in [-0.2, -0.15) is 12.6 Å². The number of ether oxygens (including phenoxy) is 1. The Morgan fingerprint density at radius 3 is 2.79 bits per heavy atom. The molecule has 0 spiro atoms. The maximum absolute atomic E-state index is 12.1.